The lowest BCUT2D eigenvalue weighted by molar-refractivity contribution is -0.115. The minimum atomic E-state index is -4.26. The van der Waals surface area contributed by atoms with Gasteiger partial charge < -0.3 is 11.1 Å². The first-order valence-electron chi connectivity index (χ1n) is 4.98. The van der Waals surface area contributed by atoms with Gasteiger partial charge in [0.05, 0.1) is 11.4 Å². The third-order valence-electron chi connectivity index (χ3n) is 2.07. The Morgan fingerprint density at radius 2 is 2.06 bits per heavy atom. The molecule has 0 aliphatic heterocycles. The van der Waals surface area contributed by atoms with Crippen LogP contribution in [0.5, 0.6) is 0 Å². The van der Waals surface area contributed by atoms with Crippen molar-refractivity contribution in [1.82, 2.24) is 9.78 Å². The molecule has 1 rings (SSSR count). The van der Waals surface area contributed by atoms with Gasteiger partial charge >= 0.3 is 6.18 Å². The number of hydrogen-bond acceptors (Lipinski definition) is 3. The first-order chi connectivity index (χ1) is 7.35. The van der Waals surface area contributed by atoms with E-state index in [1.54, 1.807) is 6.92 Å². The molecule has 0 fully saturated rings. The number of aromatic nitrogens is 2. The molecule has 4 nitrogen and oxygen atoms in total. The number of nitrogen functional groups attached to an aromatic ring is 1. The first-order valence-corrected chi connectivity index (χ1v) is 4.98. The molecular weight excluding hydrogens is 221 g/mol. The fourth-order valence-corrected chi connectivity index (χ4v) is 1.34. The van der Waals surface area contributed by atoms with Gasteiger partial charge in [0, 0.05) is 6.54 Å². The molecule has 0 aliphatic carbocycles. The highest BCUT2D eigenvalue weighted by Crippen LogP contribution is 2.24. The second-order valence-corrected chi connectivity index (χ2v) is 3.54. The lowest BCUT2D eigenvalue weighted by Gasteiger charge is -2.11. The molecule has 3 N–H and O–H groups in total. The molecule has 0 aromatic carbocycles. The Kier molecular flexibility index (Phi) is 3.66. The minimum absolute atomic E-state index is 0.247. The van der Waals surface area contributed by atoms with Gasteiger partial charge in [0.1, 0.15) is 12.4 Å². The summed E-state index contributed by atoms with van der Waals surface area (Å²) in [7, 11) is 0. The molecule has 0 unspecified atom stereocenters. The van der Waals surface area contributed by atoms with E-state index in [2.05, 4.69) is 10.4 Å². The second kappa shape index (κ2) is 4.63. The quantitative estimate of drug-likeness (QED) is 0.842. The summed E-state index contributed by atoms with van der Waals surface area (Å²) >= 11 is 0. The van der Waals surface area contributed by atoms with Crippen LogP contribution in [0.25, 0.3) is 0 Å². The topological polar surface area (TPSA) is 55.9 Å². The van der Waals surface area contributed by atoms with E-state index in [1.165, 1.54) is 4.68 Å². The van der Waals surface area contributed by atoms with Crippen molar-refractivity contribution in [3.8, 4) is 0 Å². The standard InChI is InChI=1S/C9H15F3N4/c1-3-4-16-8(7(13)6(2)15-16)14-5-9(10,11)12/h14H,3-5,13H2,1-2H3. The summed E-state index contributed by atoms with van der Waals surface area (Å²) in [6.45, 7) is 3.02. The summed E-state index contributed by atoms with van der Waals surface area (Å²) in [6.07, 6.45) is -3.48. The maximum Gasteiger partial charge on any atom is 0.405 e. The van der Waals surface area contributed by atoms with Crippen molar-refractivity contribution in [2.24, 2.45) is 0 Å². The zero-order valence-electron chi connectivity index (χ0n) is 9.23. The van der Waals surface area contributed by atoms with Crippen LogP contribution in [0.4, 0.5) is 24.7 Å². The van der Waals surface area contributed by atoms with Gasteiger partial charge in [-0.15, -0.1) is 0 Å². The van der Waals surface area contributed by atoms with Crippen LogP contribution in [0.15, 0.2) is 0 Å². The molecule has 16 heavy (non-hydrogen) atoms. The smallest absolute Gasteiger partial charge is 0.394 e. The third kappa shape index (κ3) is 3.04. The molecule has 0 saturated carbocycles. The maximum atomic E-state index is 12.1. The van der Waals surface area contributed by atoms with Crippen molar-refractivity contribution in [2.45, 2.75) is 33.0 Å². The second-order valence-electron chi connectivity index (χ2n) is 3.54. The van der Waals surface area contributed by atoms with Crippen LogP contribution < -0.4 is 11.1 Å². The highest BCUT2D eigenvalue weighted by atomic mass is 19.4. The molecule has 1 heterocycles. The molecule has 7 heteroatoms. The molecule has 0 radical (unpaired) electrons. The van der Waals surface area contributed by atoms with Gasteiger partial charge in [-0.05, 0) is 13.3 Å². The maximum absolute atomic E-state index is 12.1. The van der Waals surface area contributed by atoms with E-state index in [0.717, 1.165) is 6.42 Å². The van der Waals surface area contributed by atoms with Gasteiger partial charge in [0.15, 0.2) is 0 Å². The number of hydrogen-bond donors (Lipinski definition) is 2. The van der Waals surface area contributed by atoms with Crippen LogP contribution in [-0.2, 0) is 6.54 Å². The normalized spacial score (nSPS) is 11.8. The van der Waals surface area contributed by atoms with Crippen LogP contribution in [0.3, 0.4) is 0 Å². The van der Waals surface area contributed by atoms with Crippen molar-refractivity contribution in [3.05, 3.63) is 5.69 Å². The fourth-order valence-electron chi connectivity index (χ4n) is 1.34. The Labute approximate surface area is 91.6 Å². The first kappa shape index (κ1) is 12.7. The van der Waals surface area contributed by atoms with Gasteiger partial charge in [-0.2, -0.15) is 18.3 Å². The van der Waals surface area contributed by atoms with Crippen molar-refractivity contribution < 1.29 is 13.2 Å². The van der Waals surface area contributed by atoms with Crippen LogP contribution in [0.2, 0.25) is 0 Å². The molecule has 0 spiro atoms. The number of nitrogens with zero attached hydrogens (tertiary/aromatic N) is 2. The van der Waals surface area contributed by atoms with Gasteiger partial charge in [0.2, 0.25) is 0 Å². The fraction of sp³-hybridized carbons (Fsp3) is 0.667. The number of rotatable bonds is 4. The molecule has 0 saturated heterocycles. The molecule has 1 aromatic heterocycles. The largest absolute Gasteiger partial charge is 0.405 e. The summed E-state index contributed by atoms with van der Waals surface area (Å²) in [5.41, 5.74) is 6.47. The van der Waals surface area contributed by atoms with E-state index in [-0.39, 0.29) is 11.5 Å². The van der Waals surface area contributed by atoms with Crippen LogP contribution in [0.1, 0.15) is 19.0 Å². The minimum Gasteiger partial charge on any atom is -0.394 e. The van der Waals surface area contributed by atoms with Crippen molar-refractivity contribution in [1.29, 1.82) is 0 Å². The van der Waals surface area contributed by atoms with Crippen molar-refractivity contribution in [3.63, 3.8) is 0 Å². The molecule has 0 amide bonds. The number of halogens is 3. The molecular formula is C9H15F3N4. The molecule has 1 aromatic rings. The average molecular weight is 236 g/mol. The zero-order chi connectivity index (χ0) is 12.3. The Hall–Kier alpha value is -1.40. The van der Waals surface area contributed by atoms with Crippen LogP contribution in [0, 0.1) is 6.92 Å². The molecule has 0 aliphatic rings. The van der Waals surface area contributed by atoms with E-state index in [0.29, 0.717) is 12.2 Å². The van der Waals surface area contributed by atoms with Gasteiger partial charge in [0.25, 0.3) is 0 Å². The predicted molar refractivity (Wildman–Crippen MR) is 56.2 cm³/mol. The summed E-state index contributed by atoms with van der Waals surface area (Å²) in [5.74, 6) is 0.247. The summed E-state index contributed by atoms with van der Waals surface area (Å²) < 4.78 is 37.7. The molecule has 0 atom stereocenters. The van der Waals surface area contributed by atoms with Crippen molar-refractivity contribution in [2.75, 3.05) is 17.6 Å². The van der Waals surface area contributed by atoms with E-state index >= 15 is 0 Å². The Morgan fingerprint density at radius 3 is 2.56 bits per heavy atom. The van der Waals surface area contributed by atoms with E-state index < -0.39 is 12.7 Å². The Balaban J connectivity index is 2.84. The molecule has 92 valence electrons. The molecule has 0 bridgehead atoms. The summed E-state index contributed by atoms with van der Waals surface area (Å²) in [6, 6.07) is 0. The highest BCUT2D eigenvalue weighted by molar-refractivity contribution is 5.64. The summed E-state index contributed by atoms with van der Waals surface area (Å²) in [5, 5.41) is 6.34. The SMILES string of the molecule is CCCn1nc(C)c(N)c1NCC(F)(F)F. The monoisotopic (exact) mass is 236 g/mol. The third-order valence-corrected chi connectivity index (χ3v) is 2.07. The predicted octanol–water partition coefficient (Wildman–Crippen LogP) is 2.16. The Bertz CT molecular complexity index is 356. The van der Waals surface area contributed by atoms with Crippen molar-refractivity contribution >= 4 is 11.5 Å². The van der Waals surface area contributed by atoms with Crippen LogP contribution in [-0.4, -0.2) is 22.5 Å². The van der Waals surface area contributed by atoms with Gasteiger partial charge in [-0.25, -0.2) is 4.68 Å². The van der Waals surface area contributed by atoms with E-state index in [9.17, 15) is 13.2 Å². The number of alkyl halides is 3. The van der Waals surface area contributed by atoms with Crippen LogP contribution >= 0.6 is 0 Å². The van der Waals surface area contributed by atoms with Gasteiger partial charge in [-0.1, -0.05) is 6.92 Å². The number of nitrogens with one attached hydrogen (secondary N) is 1. The lowest BCUT2D eigenvalue weighted by Crippen LogP contribution is -2.23. The summed E-state index contributed by atoms with van der Waals surface area (Å²) in [4.78, 5) is 0. The van der Waals surface area contributed by atoms with Gasteiger partial charge in [-0.3, -0.25) is 0 Å². The lowest BCUT2D eigenvalue weighted by atomic mass is 10.4. The average Bonchev–Trinajstić information content (AvgIpc) is 2.40. The van der Waals surface area contributed by atoms with E-state index in [4.69, 9.17) is 5.73 Å². The zero-order valence-corrected chi connectivity index (χ0v) is 9.23. The number of anilines is 2. The number of nitrogens with two attached hydrogens (primary N) is 1. The van der Waals surface area contributed by atoms with E-state index in [1.807, 2.05) is 6.92 Å². The number of aryl methyl sites for hydroxylation is 2. The Morgan fingerprint density at radius 1 is 1.44 bits per heavy atom. The highest BCUT2D eigenvalue weighted by Gasteiger charge is 2.28.